The van der Waals surface area contributed by atoms with Crippen molar-refractivity contribution in [2.24, 2.45) is 0 Å². The third kappa shape index (κ3) is 2.54. The summed E-state index contributed by atoms with van der Waals surface area (Å²) in [6.07, 6.45) is 7.20. The number of nitrogens with two attached hydrogens (primary N) is 1. The van der Waals surface area contributed by atoms with Crippen LogP contribution in [0.3, 0.4) is 0 Å². The minimum absolute atomic E-state index is 0.483. The zero-order valence-electron chi connectivity index (χ0n) is 15.2. The van der Waals surface area contributed by atoms with Gasteiger partial charge in [-0.1, -0.05) is 0 Å². The first kappa shape index (κ1) is 16.3. The second-order valence-electron chi connectivity index (χ2n) is 6.52. The fourth-order valence-corrected chi connectivity index (χ4v) is 3.56. The van der Waals surface area contributed by atoms with Crippen molar-refractivity contribution in [3.05, 3.63) is 67.3 Å². The molecule has 0 aliphatic rings. The molecular formula is C22H17N5O. The molecule has 6 heteroatoms. The Bertz CT molecular complexity index is 1290. The molecule has 0 saturated heterocycles. The molecule has 0 saturated carbocycles. The van der Waals surface area contributed by atoms with E-state index in [4.69, 9.17) is 10.5 Å². The van der Waals surface area contributed by atoms with E-state index in [1.54, 1.807) is 25.6 Å². The Morgan fingerprint density at radius 2 is 1.86 bits per heavy atom. The number of nitrogens with zero attached hydrogens (tertiary/aromatic N) is 3. The number of aromatic amines is 1. The molecule has 0 unspecified atom stereocenters. The third-order valence-electron chi connectivity index (χ3n) is 4.86. The van der Waals surface area contributed by atoms with Gasteiger partial charge in [0.25, 0.3) is 0 Å². The molecule has 0 spiro atoms. The predicted molar refractivity (Wildman–Crippen MR) is 111 cm³/mol. The highest BCUT2D eigenvalue weighted by molar-refractivity contribution is 6.16. The Morgan fingerprint density at radius 3 is 2.61 bits per heavy atom. The summed E-state index contributed by atoms with van der Waals surface area (Å²) in [6.45, 7) is 0. The van der Waals surface area contributed by atoms with Gasteiger partial charge in [-0.2, -0.15) is 0 Å². The van der Waals surface area contributed by atoms with Crippen LogP contribution < -0.4 is 10.5 Å². The number of ether oxygens (including phenoxy) is 1. The molecule has 0 aliphatic carbocycles. The molecule has 136 valence electrons. The van der Waals surface area contributed by atoms with Crippen LogP contribution in [-0.4, -0.2) is 27.0 Å². The number of aromatic nitrogens is 4. The molecule has 0 radical (unpaired) electrons. The number of H-pyrrole nitrogens is 1. The van der Waals surface area contributed by atoms with Gasteiger partial charge in [-0.15, -0.1) is 0 Å². The number of benzene rings is 1. The number of methoxy groups -OCH3 is 1. The Kier molecular flexibility index (Phi) is 3.69. The van der Waals surface area contributed by atoms with Crippen molar-refractivity contribution in [3.8, 4) is 28.1 Å². The lowest BCUT2D eigenvalue weighted by Gasteiger charge is -2.11. The van der Waals surface area contributed by atoms with E-state index in [-0.39, 0.29) is 0 Å². The Morgan fingerprint density at radius 1 is 0.929 bits per heavy atom. The average molecular weight is 367 g/mol. The van der Waals surface area contributed by atoms with Gasteiger partial charge in [0, 0.05) is 51.6 Å². The normalized spacial score (nSPS) is 11.2. The van der Waals surface area contributed by atoms with Gasteiger partial charge in [-0.25, -0.2) is 4.98 Å². The van der Waals surface area contributed by atoms with E-state index in [1.807, 2.05) is 42.7 Å². The first-order chi connectivity index (χ1) is 13.7. The summed E-state index contributed by atoms with van der Waals surface area (Å²) in [5.74, 6) is 1.26. The summed E-state index contributed by atoms with van der Waals surface area (Å²) >= 11 is 0. The quantitative estimate of drug-likeness (QED) is 0.492. The van der Waals surface area contributed by atoms with E-state index in [0.29, 0.717) is 5.82 Å². The summed E-state index contributed by atoms with van der Waals surface area (Å²) in [4.78, 5) is 16.5. The number of nitrogens with one attached hydrogen (secondary N) is 1. The number of nitrogen functional groups attached to an aromatic ring is 1. The maximum atomic E-state index is 5.78. The highest BCUT2D eigenvalue weighted by atomic mass is 16.5. The topological polar surface area (TPSA) is 89.7 Å². The lowest BCUT2D eigenvalue weighted by atomic mass is 9.99. The molecule has 4 aromatic heterocycles. The molecule has 6 nitrogen and oxygen atoms in total. The van der Waals surface area contributed by atoms with Crippen LogP contribution in [0.25, 0.3) is 44.2 Å². The van der Waals surface area contributed by atoms with Gasteiger partial charge in [-0.3, -0.25) is 9.97 Å². The van der Waals surface area contributed by atoms with E-state index in [9.17, 15) is 0 Å². The van der Waals surface area contributed by atoms with Gasteiger partial charge in [0.05, 0.1) is 24.5 Å². The highest BCUT2D eigenvalue weighted by Crippen LogP contribution is 2.41. The van der Waals surface area contributed by atoms with Gasteiger partial charge >= 0.3 is 0 Å². The van der Waals surface area contributed by atoms with Crippen LogP contribution >= 0.6 is 0 Å². The number of rotatable bonds is 3. The van der Waals surface area contributed by atoms with E-state index < -0.39 is 0 Å². The average Bonchev–Trinajstić information content (AvgIpc) is 3.12. The zero-order valence-corrected chi connectivity index (χ0v) is 15.2. The lowest BCUT2D eigenvalue weighted by Crippen LogP contribution is -1.92. The van der Waals surface area contributed by atoms with Gasteiger partial charge in [-0.05, 0) is 42.5 Å². The number of anilines is 1. The van der Waals surface area contributed by atoms with E-state index >= 15 is 0 Å². The van der Waals surface area contributed by atoms with Gasteiger partial charge in [0.15, 0.2) is 0 Å². The number of hydrogen-bond acceptors (Lipinski definition) is 5. The van der Waals surface area contributed by atoms with Crippen molar-refractivity contribution in [3.63, 3.8) is 0 Å². The number of fused-ring (bicyclic) bond motifs is 3. The van der Waals surface area contributed by atoms with Gasteiger partial charge in [0.2, 0.25) is 0 Å². The van der Waals surface area contributed by atoms with Crippen LogP contribution in [-0.2, 0) is 0 Å². The van der Waals surface area contributed by atoms with Crippen molar-refractivity contribution >= 4 is 27.6 Å². The lowest BCUT2D eigenvalue weighted by molar-refractivity contribution is 0.417. The molecule has 0 amide bonds. The summed E-state index contributed by atoms with van der Waals surface area (Å²) in [5.41, 5.74) is 11.5. The van der Waals surface area contributed by atoms with E-state index in [2.05, 4.69) is 26.0 Å². The summed E-state index contributed by atoms with van der Waals surface area (Å²) < 4.78 is 5.67. The second kappa shape index (κ2) is 6.35. The van der Waals surface area contributed by atoms with Crippen LogP contribution in [0.15, 0.2) is 67.3 Å². The highest BCUT2D eigenvalue weighted by Gasteiger charge is 2.17. The van der Waals surface area contributed by atoms with E-state index in [0.717, 1.165) is 49.9 Å². The molecule has 1 aromatic carbocycles. The van der Waals surface area contributed by atoms with Crippen molar-refractivity contribution in [1.82, 2.24) is 19.9 Å². The number of pyridine rings is 3. The van der Waals surface area contributed by atoms with Crippen LogP contribution in [0.1, 0.15) is 0 Å². The molecule has 0 atom stereocenters. The van der Waals surface area contributed by atoms with Crippen molar-refractivity contribution < 1.29 is 4.74 Å². The van der Waals surface area contributed by atoms with Crippen LogP contribution in [0.2, 0.25) is 0 Å². The first-order valence-electron chi connectivity index (χ1n) is 8.85. The van der Waals surface area contributed by atoms with Crippen molar-refractivity contribution in [2.45, 2.75) is 0 Å². The summed E-state index contributed by atoms with van der Waals surface area (Å²) in [7, 11) is 1.67. The molecule has 5 aromatic rings. The standard InChI is InChI=1S/C22H17N5O/c1-28-19-6-5-16-22(21(19)14-4-7-20(23)26-11-14)15-9-17(25-12-18(15)27-16)13-3-2-8-24-10-13/h2-12,27H,1H3,(H2,23,26). The number of hydrogen-bond donors (Lipinski definition) is 2. The van der Waals surface area contributed by atoms with Crippen molar-refractivity contribution in [1.29, 1.82) is 0 Å². The molecule has 0 aliphatic heterocycles. The van der Waals surface area contributed by atoms with Gasteiger partial charge in [0.1, 0.15) is 11.6 Å². The molecule has 3 N–H and O–H groups in total. The van der Waals surface area contributed by atoms with Crippen molar-refractivity contribution in [2.75, 3.05) is 12.8 Å². The predicted octanol–water partition coefficient (Wildman–Crippen LogP) is 4.43. The summed E-state index contributed by atoms with van der Waals surface area (Å²) in [5, 5.41) is 2.13. The van der Waals surface area contributed by atoms with E-state index in [1.165, 1.54) is 0 Å². The largest absolute Gasteiger partial charge is 0.496 e. The fourth-order valence-electron chi connectivity index (χ4n) is 3.56. The molecular weight excluding hydrogens is 350 g/mol. The molecule has 0 bridgehead atoms. The minimum Gasteiger partial charge on any atom is -0.496 e. The minimum atomic E-state index is 0.483. The Balaban J connectivity index is 1.85. The first-order valence-corrected chi connectivity index (χ1v) is 8.85. The molecule has 5 rings (SSSR count). The Hall–Kier alpha value is -3.93. The monoisotopic (exact) mass is 367 g/mol. The smallest absolute Gasteiger partial charge is 0.127 e. The molecule has 0 fully saturated rings. The SMILES string of the molecule is COc1ccc2[nH]c3cnc(-c4cccnc4)cc3c2c1-c1ccc(N)nc1. The van der Waals surface area contributed by atoms with Crippen LogP contribution in [0, 0.1) is 0 Å². The van der Waals surface area contributed by atoms with Crippen LogP contribution in [0.4, 0.5) is 5.82 Å². The Labute approximate surface area is 161 Å². The van der Waals surface area contributed by atoms with Crippen LogP contribution in [0.5, 0.6) is 5.75 Å². The van der Waals surface area contributed by atoms with Gasteiger partial charge < -0.3 is 15.5 Å². The second-order valence-corrected chi connectivity index (χ2v) is 6.52. The molecule has 4 heterocycles. The maximum Gasteiger partial charge on any atom is 0.127 e. The third-order valence-corrected chi connectivity index (χ3v) is 4.86. The zero-order chi connectivity index (χ0) is 19.1. The summed E-state index contributed by atoms with van der Waals surface area (Å²) in [6, 6.07) is 13.7. The molecule has 28 heavy (non-hydrogen) atoms. The fraction of sp³-hybridized carbons (Fsp3) is 0.0455. The maximum absolute atomic E-state index is 5.78.